The van der Waals surface area contributed by atoms with Gasteiger partial charge in [-0.2, -0.15) is 0 Å². The van der Waals surface area contributed by atoms with Crippen LogP contribution in [-0.2, 0) is 4.79 Å². The molecule has 1 aliphatic rings. The van der Waals surface area contributed by atoms with Gasteiger partial charge in [0.05, 0.1) is 6.04 Å². The molecule has 1 aliphatic heterocycles. The molecular formula is C14H21NO. The Kier molecular flexibility index (Phi) is 4.53. The van der Waals surface area contributed by atoms with Crippen molar-refractivity contribution in [1.82, 2.24) is 4.90 Å². The van der Waals surface area contributed by atoms with Gasteiger partial charge in [0.1, 0.15) is 0 Å². The molecule has 1 heterocycles. The molecule has 2 atom stereocenters. The minimum Gasteiger partial charge on any atom is -0.333 e. The summed E-state index contributed by atoms with van der Waals surface area (Å²) < 4.78 is 0. The molecule has 0 saturated carbocycles. The quantitative estimate of drug-likeness (QED) is 0.665. The fourth-order valence-electron chi connectivity index (χ4n) is 2.45. The van der Waals surface area contributed by atoms with Crippen molar-refractivity contribution in [3.63, 3.8) is 0 Å². The van der Waals surface area contributed by atoms with Gasteiger partial charge in [-0.3, -0.25) is 4.79 Å². The number of rotatable bonds is 4. The number of carbonyl (C=O) groups excluding carboxylic acids is 1. The second kappa shape index (κ2) is 5.69. The summed E-state index contributed by atoms with van der Waals surface area (Å²) in [7, 11) is 0. The molecule has 0 aromatic rings. The summed E-state index contributed by atoms with van der Waals surface area (Å²) in [5.41, 5.74) is 1.36. The molecule has 0 unspecified atom stereocenters. The van der Waals surface area contributed by atoms with Gasteiger partial charge in [-0.25, -0.2) is 0 Å². The van der Waals surface area contributed by atoms with Gasteiger partial charge in [-0.05, 0) is 26.2 Å². The van der Waals surface area contributed by atoms with Crippen LogP contribution in [0.4, 0.5) is 0 Å². The maximum atomic E-state index is 11.7. The molecule has 0 radical (unpaired) electrons. The van der Waals surface area contributed by atoms with Crippen molar-refractivity contribution in [1.29, 1.82) is 0 Å². The predicted octanol–water partition coefficient (Wildman–Crippen LogP) is 3.07. The van der Waals surface area contributed by atoms with Crippen LogP contribution in [0.2, 0.25) is 0 Å². The van der Waals surface area contributed by atoms with Crippen LogP contribution >= 0.6 is 0 Å². The number of carbonyl (C=O) groups is 1. The van der Waals surface area contributed by atoms with Gasteiger partial charge in [-0.1, -0.05) is 23.8 Å². The number of hydrogen-bond donors (Lipinski definition) is 0. The molecule has 0 bridgehead atoms. The molecule has 88 valence electrons. The smallest absolute Gasteiger partial charge is 0.220 e. The van der Waals surface area contributed by atoms with E-state index in [9.17, 15) is 4.79 Å². The van der Waals surface area contributed by atoms with Crippen molar-refractivity contribution in [2.24, 2.45) is 0 Å². The van der Waals surface area contributed by atoms with Gasteiger partial charge in [0.15, 0.2) is 0 Å². The van der Waals surface area contributed by atoms with Gasteiger partial charge >= 0.3 is 0 Å². The van der Waals surface area contributed by atoms with Crippen LogP contribution < -0.4 is 0 Å². The lowest BCUT2D eigenvalue weighted by Gasteiger charge is -2.39. The van der Waals surface area contributed by atoms with Gasteiger partial charge < -0.3 is 4.90 Å². The topological polar surface area (TPSA) is 20.3 Å². The zero-order chi connectivity index (χ0) is 12.1. The highest BCUT2D eigenvalue weighted by atomic mass is 16.2. The van der Waals surface area contributed by atoms with Crippen LogP contribution in [0.3, 0.4) is 0 Å². The first-order valence-electron chi connectivity index (χ1n) is 5.78. The third-order valence-electron chi connectivity index (χ3n) is 3.00. The molecule has 2 heteroatoms. The van der Waals surface area contributed by atoms with E-state index in [-0.39, 0.29) is 18.0 Å². The minimum absolute atomic E-state index is 0.141. The Morgan fingerprint density at radius 1 is 1.50 bits per heavy atom. The van der Waals surface area contributed by atoms with Crippen molar-refractivity contribution in [2.45, 2.75) is 45.2 Å². The molecule has 0 aromatic heterocycles. The zero-order valence-corrected chi connectivity index (χ0v) is 10.3. The van der Waals surface area contributed by atoms with E-state index in [1.165, 1.54) is 5.57 Å². The SMILES string of the molecule is C=CC[C@@H]1CC(C)=C[C@H](CC=C)N1C(C)=O. The van der Waals surface area contributed by atoms with Crippen LogP contribution in [0, 0.1) is 0 Å². The average Bonchev–Trinajstić information content (AvgIpc) is 2.17. The molecule has 0 fully saturated rings. The second-order valence-electron chi connectivity index (χ2n) is 4.41. The highest BCUT2D eigenvalue weighted by molar-refractivity contribution is 5.74. The van der Waals surface area contributed by atoms with Crippen LogP contribution in [0.5, 0.6) is 0 Å². The molecule has 1 rings (SSSR count). The average molecular weight is 219 g/mol. The standard InChI is InChI=1S/C14H21NO/c1-5-7-13-9-11(3)10-14(8-6-2)15(13)12(4)16/h5-6,9,13-14H,1-2,7-8,10H2,3-4H3/t13-,14+/m0/s1. The first kappa shape index (κ1) is 12.8. The molecule has 0 aliphatic carbocycles. The van der Waals surface area contributed by atoms with Crippen LogP contribution in [0.25, 0.3) is 0 Å². The van der Waals surface area contributed by atoms with Crippen molar-refractivity contribution in [2.75, 3.05) is 0 Å². The summed E-state index contributed by atoms with van der Waals surface area (Å²) >= 11 is 0. The van der Waals surface area contributed by atoms with Crippen LogP contribution in [-0.4, -0.2) is 22.9 Å². The fourth-order valence-corrected chi connectivity index (χ4v) is 2.45. The number of hydrogen-bond acceptors (Lipinski definition) is 1. The van der Waals surface area contributed by atoms with E-state index in [0.717, 1.165) is 19.3 Å². The summed E-state index contributed by atoms with van der Waals surface area (Å²) in [6.07, 6.45) is 8.59. The van der Waals surface area contributed by atoms with Crippen molar-refractivity contribution in [3.05, 3.63) is 37.0 Å². The Balaban J connectivity index is 2.94. The lowest BCUT2D eigenvalue weighted by Crippen LogP contribution is -2.47. The van der Waals surface area contributed by atoms with Crippen molar-refractivity contribution in [3.8, 4) is 0 Å². The van der Waals surface area contributed by atoms with Crippen molar-refractivity contribution >= 4 is 5.91 Å². The van der Waals surface area contributed by atoms with E-state index >= 15 is 0 Å². The van der Waals surface area contributed by atoms with Crippen molar-refractivity contribution < 1.29 is 4.79 Å². The van der Waals surface area contributed by atoms with Gasteiger partial charge in [0.2, 0.25) is 5.91 Å². The largest absolute Gasteiger partial charge is 0.333 e. The minimum atomic E-state index is 0.141. The normalized spacial score (nSPS) is 24.9. The third-order valence-corrected chi connectivity index (χ3v) is 3.00. The maximum absolute atomic E-state index is 11.7. The van der Waals surface area contributed by atoms with E-state index in [1.54, 1.807) is 6.92 Å². The van der Waals surface area contributed by atoms with E-state index in [4.69, 9.17) is 0 Å². The van der Waals surface area contributed by atoms with E-state index in [2.05, 4.69) is 26.2 Å². The van der Waals surface area contributed by atoms with Gasteiger partial charge in [-0.15, -0.1) is 13.2 Å². The third kappa shape index (κ3) is 2.84. The summed E-state index contributed by atoms with van der Waals surface area (Å²) in [5.74, 6) is 0.141. The van der Waals surface area contributed by atoms with Crippen LogP contribution in [0.1, 0.15) is 33.1 Å². The molecular weight excluding hydrogens is 198 g/mol. The van der Waals surface area contributed by atoms with Gasteiger partial charge in [0, 0.05) is 13.0 Å². The zero-order valence-electron chi connectivity index (χ0n) is 10.3. The van der Waals surface area contributed by atoms with E-state index in [0.29, 0.717) is 0 Å². The van der Waals surface area contributed by atoms with Gasteiger partial charge in [0.25, 0.3) is 0 Å². The molecule has 0 spiro atoms. The summed E-state index contributed by atoms with van der Waals surface area (Å²) in [6, 6.07) is 0.443. The van der Waals surface area contributed by atoms with Crippen LogP contribution in [0.15, 0.2) is 37.0 Å². The molecule has 0 aromatic carbocycles. The number of nitrogens with zero attached hydrogens (tertiary/aromatic N) is 1. The molecule has 1 amide bonds. The molecule has 2 nitrogen and oxygen atoms in total. The number of amides is 1. The summed E-state index contributed by atoms with van der Waals surface area (Å²) in [6.45, 7) is 11.3. The molecule has 0 N–H and O–H groups in total. The van der Waals surface area contributed by atoms with E-state index in [1.807, 2.05) is 17.1 Å². The predicted molar refractivity (Wildman–Crippen MR) is 68.1 cm³/mol. The fraction of sp³-hybridized carbons (Fsp3) is 0.500. The van der Waals surface area contributed by atoms with E-state index < -0.39 is 0 Å². The Morgan fingerprint density at radius 3 is 2.62 bits per heavy atom. The monoisotopic (exact) mass is 219 g/mol. The molecule has 16 heavy (non-hydrogen) atoms. The summed E-state index contributed by atoms with van der Waals surface area (Å²) in [4.78, 5) is 13.7. The lowest BCUT2D eigenvalue weighted by molar-refractivity contribution is -0.133. The Labute approximate surface area is 98.3 Å². The highest BCUT2D eigenvalue weighted by Gasteiger charge is 2.29. The highest BCUT2D eigenvalue weighted by Crippen LogP contribution is 2.26. The first-order valence-corrected chi connectivity index (χ1v) is 5.78. The first-order chi connectivity index (χ1) is 7.60. The Bertz CT molecular complexity index is 317. The molecule has 0 saturated heterocycles. The Morgan fingerprint density at radius 2 is 2.12 bits per heavy atom. The maximum Gasteiger partial charge on any atom is 0.220 e. The Hall–Kier alpha value is -1.31. The summed E-state index contributed by atoms with van der Waals surface area (Å²) in [5, 5.41) is 0. The lowest BCUT2D eigenvalue weighted by atomic mass is 9.92. The second-order valence-corrected chi connectivity index (χ2v) is 4.41.